The van der Waals surface area contributed by atoms with Crippen LogP contribution in [0.3, 0.4) is 0 Å². The van der Waals surface area contributed by atoms with Gasteiger partial charge in [-0.05, 0) is 12.3 Å². The van der Waals surface area contributed by atoms with Crippen LogP contribution in [-0.4, -0.2) is 20.7 Å². The van der Waals surface area contributed by atoms with E-state index >= 15 is 0 Å². The van der Waals surface area contributed by atoms with Crippen LogP contribution in [0.4, 0.5) is 0 Å². The monoisotopic (exact) mass is 246 g/mol. The number of thiocarbonyl (C=S) groups is 1. The number of hydrogen-bond donors (Lipinski definition) is 1. The van der Waals surface area contributed by atoms with E-state index in [9.17, 15) is 5.11 Å². The van der Waals surface area contributed by atoms with Gasteiger partial charge in [-0.3, -0.25) is 0 Å². The minimum Gasteiger partial charge on any atom is -0.393 e. The molecule has 0 amide bonds. The molecule has 0 bridgehead atoms. The first kappa shape index (κ1) is 15.1. The lowest BCUT2D eigenvalue weighted by atomic mass is 10.0. The molecular weight excluding hydrogens is 224 g/mol. The largest absolute Gasteiger partial charge is 0.393 e. The molecule has 1 atom stereocenters. The molecule has 0 radical (unpaired) electrons. The van der Waals surface area contributed by atoms with Gasteiger partial charge in [0.25, 0.3) is 0 Å². The Hall–Kier alpha value is 0.140. The van der Waals surface area contributed by atoms with Gasteiger partial charge in [0.05, 0.1) is 10.3 Å². The molecule has 0 fully saturated rings. The summed E-state index contributed by atoms with van der Waals surface area (Å²) in [5.74, 6) is 0.326. The average Bonchev–Trinajstić information content (AvgIpc) is 2.10. The molecule has 88 valence electrons. The first-order valence-corrected chi connectivity index (χ1v) is 6.74. The van der Waals surface area contributed by atoms with Crippen LogP contribution in [-0.2, 0) is 0 Å². The highest BCUT2D eigenvalue weighted by molar-refractivity contribution is 8.23. The summed E-state index contributed by atoms with van der Waals surface area (Å²) in [6, 6.07) is 0. The Balaban J connectivity index is 3.67. The van der Waals surface area contributed by atoms with Crippen LogP contribution in [0.2, 0.25) is 0 Å². The molecule has 15 heavy (non-hydrogen) atoms. The molecule has 0 aliphatic rings. The lowest BCUT2D eigenvalue weighted by Gasteiger charge is -2.11. The summed E-state index contributed by atoms with van der Waals surface area (Å²) in [5, 5.41) is 10.1. The van der Waals surface area contributed by atoms with E-state index in [0.29, 0.717) is 11.2 Å². The third kappa shape index (κ3) is 9.09. The maximum absolute atomic E-state index is 9.55. The smallest absolute Gasteiger partial charge is 0.0597 e. The van der Waals surface area contributed by atoms with Crippen LogP contribution in [0.25, 0.3) is 0 Å². The van der Waals surface area contributed by atoms with Crippen LogP contribution in [0.5, 0.6) is 0 Å². The lowest BCUT2D eigenvalue weighted by Crippen LogP contribution is -2.12. The van der Waals surface area contributed by atoms with Crippen LogP contribution in [0, 0.1) is 5.92 Å². The number of aliphatic hydroxyl groups is 1. The second-order valence-electron chi connectivity index (χ2n) is 4.26. The van der Waals surface area contributed by atoms with E-state index in [-0.39, 0.29) is 6.10 Å². The third-order valence-electron chi connectivity index (χ3n) is 1.97. The molecule has 0 aromatic carbocycles. The van der Waals surface area contributed by atoms with E-state index in [2.05, 4.69) is 19.9 Å². The average molecular weight is 246 g/mol. The highest BCUT2D eigenvalue weighted by Gasteiger charge is 2.05. The number of aliphatic hydroxyl groups excluding tert-OH is 1. The SMILES string of the molecule is CC(C)SC(=S)C/C=C/CC(O)C(C)C. The molecule has 0 heterocycles. The molecule has 0 saturated carbocycles. The second kappa shape index (κ2) is 8.31. The van der Waals surface area contributed by atoms with Gasteiger partial charge in [-0.2, -0.15) is 0 Å². The summed E-state index contributed by atoms with van der Waals surface area (Å²) in [5.41, 5.74) is 0. The van der Waals surface area contributed by atoms with E-state index in [4.69, 9.17) is 12.2 Å². The predicted molar refractivity (Wildman–Crippen MR) is 74.5 cm³/mol. The quantitative estimate of drug-likeness (QED) is 0.568. The minimum absolute atomic E-state index is 0.229. The maximum Gasteiger partial charge on any atom is 0.0597 e. The Labute approximate surface area is 103 Å². The topological polar surface area (TPSA) is 20.2 Å². The molecule has 1 nitrogen and oxygen atoms in total. The van der Waals surface area contributed by atoms with Gasteiger partial charge in [0.2, 0.25) is 0 Å². The molecule has 0 aromatic heterocycles. The van der Waals surface area contributed by atoms with Gasteiger partial charge in [0.15, 0.2) is 0 Å². The molecule has 0 saturated heterocycles. The zero-order valence-corrected chi connectivity index (χ0v) is 11.7. The lowest BCUT2D eigenvalue weighted by molar-refractivity contribution is 0.128. The Morgan fingerprint density at radius 3 is 2.33 bits per heavy atom. The van der Waals surface area contributed by atoms with Crippen LogP contribution < -0.4 is 0 Å². The van der Waals surface area contributed by atoms with Crippen molar-refractivity contribution < 1.29 is 5.11 Å². The van der Waals surface area contributed by atoms with Crippen molar-refractivity contribution in [3.8, 4) is 0 Å². The number of hydrogen-bond acceptors (Lipinski definition) is 3. The molecule has 0 aliphatic carbocycles. The highest BCUT2D eigenvalue weighted by atomic mass is 32.2. The molecule has 0 aromatic rings. The van der Waals surface area contributed by atoms with Gasteiger partial charge >= 0.3 is 0 Å². The van der Waals surface area contributed by atoms with Crippen LogP contribution in [0.1, 0.15) is 40.5 Å². The molecule has 0 rings (SSSR count). The third-order valence-corrected chi connectivity index (χ3v) is 3.32. The summed E-state index contributed by atoms with van der Waals surface area (Å²) in [4.78, 5) is 0. The Morgan fingerprint density at radius 2 is 1.87 bits per heavy atom. The zero-order valence-electron chi connectivity index (χ0n) is 10.1. The standard InChI is InChI=1S/C12H22OS2/c1-9(2)11(13)7-5-6-8-12(14)15-10(3)4/h5-6,9-11,13H,7-8H2,1-4H3/b6-5+. The number of allylic oxidation sites excluding steroid dienone is 1. The Bertz CT molecular complexity index is 210. The predicted octanol–water partition coefficient (Wildman–Crippen LogP) is 3.81. The summed E-state index contributed by atoms with van der Waals surface area (Å²) in [6.45, 7) is 8.34. The van der Waals surface area contributed by atoms with Crippen molar-refractivity contribution >= 4 is 28.2 Å². The van der Waals surface area contributed by atoms with Gasteiger partial charge in [0.1, 0.15) is 0 Å². The molecular formula is C12H22OS2. The van der Waals surface area contributed by atoms with Gasteiger partial charge in [-0.1, -0.05) is 52.1 Å². The fourth-order valence-corrected chi connectivity index (χ4v) is 2.39. The summed E-state index contributed by atoms with van der Waals surface area (Å²) >= 11 is 6.95. The summed E-state index contributed by atoms with van der Waals surface area (Å²) in [7, 11) is 0. The van der Waals surface area contributed by atoms with Crippen molar-refractivity contribution in [3.05, 3.63) is 12.2 Å². The van der Waals surface area contributed by atoms with Crippen LogP contribution >= 0.6 is 24.0 Å². The summed E-state index contributed by atoms with van der Waals surface area (Å²) in [6.07, 6.45) is 5.42. The highest BCUT2D eigenvalue weighted by Crippen LogP contribution is 2.15. The van der Waals surface area contributed by atoms with E-state index < -0.39 is 0 Å². The van der Waals surface area contributed by atoms with Crippen molar-refractivity contribution in [1.29, 1.82) is 0 Å². The van der Waals surface area contributed by atoms with E-state index in [1.807, 2.05) is 19.9 Å². The van der Waals surface area contributed by atoms with Gasteiger partial charge < -0.3 is 5.11 Å². The number of rotatable bonds is 6. The van der Waals surface area contributed by atoms with Gasteiger partial charge in [-0.25, -0.2) is 0 Å². The van der Waals surface area contributed by atoms with Crippen molar-refractivity contribution in [3.63, 3.8) is 0 Å². The fourth-order valence-electron chi connectivity index (χ4n) is 0.998. The Morgan fingerprint density at radius 1 is 1.27 bits per heavy atom. The maximum atomic E-state index is 9.55. The van der Waals surface area contributed by atoms with Crippen molar-refractivity contribution in [2.24, 2.45) is 5.92 Å². The van der Waals surface area contributed by atoms with Crippen molar-refractivity contribution in [2.45, 2.75) is 51.9 Å². The van der Waals surface area contributed by atoms with Crippen molar-refractivity contribution in [2.75, 3.05) is 0 Å². The van der Waals surface area contributed by atoms with E-state index in [1.54, 1.807) is 11.8 Å². The molecule has 1 N–H and O–H groups in total. The van der Waals surface area contributed by atoms with E-state index in [1.165, 1.54) is 0 Å². The first-order chi connectivity index (χ1) is 6.93. The van der Waals surface area contributed by atoms with Gasteiger partial charge in [-0.15, -0.1) is 11.8 Å². The molecule has 0 aliphatic heterocycles. The second-order valence-corrected chi connectivity index (χ2v) is 6.68. The summed E-state index contributed by atoms with van der Waals surface area (Å²) < 4.78 is 1.03. The van der Waals surface area contributed by atoms with Crippen LogP contribution in [0.15, 0.2) is 12.2 Å². The minimum atomic E-state index is -0.229. The molecule has 0 spiro atoms. The fraction of sp³-hybridized carbons (Fsp3) is 0.750. The van der Waals surface area contributed by atoms with Gasteiger partial charge in [0, 0.05) is 11.7 Å². The van der Waals surface area contributed by atoms with Crippen molar-refractivity contribution in [1.82, 2.24) is 0 Å². The first-order valence-electron chi connectivity index (χ1n) is 5.46. The normalized spacial score (nSPS) is 14.1. The number of thioether (sulfide) groups is 1. The zero-order chi connectivity index (χ0) is 11.8. The molecule has 3 heteroatoms. The molecule has 1 unspecified atom stereocenters. The van der Waals surface area contributed by atoms with E-state index in [0.717, 1.165) is 17.0 Å². The Kier molecular flexibility index (Phi) is 8.39.